The summed E-state index contributed by atoms with van der Waals surface area (Å²) in [5.74, 6) is 1.76. The number of rotatable bonds is 8. The van der Waals surface area contributed by atoms with Crippen molar-refractivity contribution >= 4 is 27.4 Å². The van der Waals surface area contributed by atoms with Crippen LogP contribution in [-0.2, 0) is 5.41 Å². The van der Waals surface area contributed by atoms with Gasteiger partial charge in [-0.1, -0.05) is 166 Å². The summed E-state index contributed by atoms with van der Waals surface area (Å²) in [7, 11) is 0. The van der Waals surface area contributed by atoms with Gasteiger partial charge in [0.2, 0.25) is 5.95 Å². The fourth-order valence-electron chi connectivity index (χ4n) is 9.71. The molecule has 1 aliphatic carbocycles. The van der Waals surface area contributed by atoms with Gasteiger partial charge in [-0.2, -0.15) is 9.97 Å². The molecule has 0 fully saturated rings. The summed E-state index contributed by atoms with van der Waals surface area (Å²) in [4.78, 5) is 16.5. The number of allylic oxidation sites excluding steroid dienone is 4. The largest absolute Gasteiger partial charge is 0.278 e. The van der Waals surface area contributed by atoms with Gasteiger partial charge < -0.3 is 0 Å². The molecule has 0 unspecified atom stereocenters. The zero-order chi connectivity index (χ0) is 43.4. The van der Waals surface area contributed by atoms with Crippen LogP contribution in [0.2, 0.25) is 0 Å². The van der Waals surface area contributed by atoms with Gasteiger partial charge in [0.25, 0.3) is 0 Å². The molecular formula is C60H46N4. The van der Waals surface area contributed by atoms with E-state index in [1.165, 1.54) is 27.6 Å². The standard InChI is InChI=1S/C60H46N4/c1-5-20-39(6-2)43-31-44(40-21-10-7-11-22-40)34-47(33-43)57-61-58(48-35-45(41-23-12-8-13-24-41)32-46(36-48)42-25-14-9-15-26-42)63-59(62-57)64-55-30-19-17-28-50(55)52-37-51-49-27-16-18-29-53(49)60(3,4)54(51)38-56(52)64/h5-38H,1-4H3/b20-5-,39-6+. The van der Waals surface area contributed by atoms with E-state index in [0.29, 0.717) is 17.6 Å². The van der Waals surface area contributed by atoms with Crippen LogP contribution in [-0.4, -0.2) is 19.5 Å². The fraction of sp³-hybridized carbons (Fsp3) is 0.0833. The third-order valence-corrected chi connectivity index (χ3v) is 12.9. The lowest BCUT2D eigenvalue weighted by Gasteiger charge is -2.21. The van der Waals surface area contributed by atoms with Gasteiger partial charge in [0, 0.05) is 27.3 Å². The molecule has 0 aliphatic heterocycles. The second-order valence-corrected chi connectivity index (χ2v) is 17.2. The molecule has 0 radical (unpaired) electrons. The van der Waals surface area contributed by atoms with E-state index in [1.807, 2.05) is 0 Å². The van der Waals surface area contributed by atoms with Crippen molar-refractivity contribution < 1.29 is 0 Å². The van der Waals surface area contributed by atoms with Gasteiger partial charge >= 0.3 is 0 Å². The molecule has 4 nitrogen and oxygen atoms in total. The Hall–Kier alpha value is -7.95. The Kier molecular flexibility index (Phi) is 9.58. The van der Waals surface area contributed by atoms with E-state index in [9.17, 15) is 0 Å². The van der Waals surface area contributed by atoms with Crippen LogP contribution < -0.4 is 0 Å². The first-order valence-electron chi connectivity index (χ1n) is 22.1. The SMILES string of the molecule is C/C=C\C(=C/C)c1cc(-c2ccccc2)cc(-c2nc(-c3cc(-c4ccccc4)cc(-c4ccccc4)c3)nc(-n3c4ccccc4c4cc5c(cc43)C(C)(C)c3ccccc3-5)n2)c1. The maximum absolute atomic E-state index is 5.51. The van der Waals surface area contributed by atoms with Gasteiger partial charge in [-0.3, -0.25) is 4.57 Å². The van der Waals surface area contributed by atoms with Crippen LogP contribution in [0.25, 0.3) is 101 Å². The molecule has 306 valence electrons. The second kappa shape index (κ2) is 15.7. The fourth-order valence-corrected chi connectivity index (χ4v) is 9.71. The van der Waals surface area contributed by atoms with Gasteiger partial charge in [-0.05, 0) is 135 Å². The Bertz CT molecular complexity index is 3410. The van der Waals surface area contributed by atoms with E-state index >= 15 is 0 Å². The number of benzene rings is 8. The Morgan fingerprint density at radius 1 is 0.438 bits per heavy atom. The molecule has 4 heteroatoms. The molecule has 0 saturated heterocycles. The molecule has 1 aliphatic rings. The summed E-state index contributed by atoms with van der Waals surface area (Å²) < 4.78 is 2.26. The number of nitrogens with zero attached hydrogens (tertiary/aromatic N) is 4. The Morgan fingerprint density at radius 2 is 0.953 bits per heavy atom. The van der Waals surface area contributed by atoms with Crippen molar-refractivity contribution in [3.05, 3.63) is 223 Å². The highest BCUT2D eigenvalue weighted by molar-refractivity contribution is 6.11. The zero-order valence-corrected chi connectivity index (χ0v) is 36.4. The first kappa shape index (κ1) is 38.9. The van der Waals surface area contributed by atoms with E-state index in [2.05, 4.69) is 239 Å². The van der Waals surface area contributed by atoms with Crippen LogP contribution in [0.1, 0.15) is 44.4 Å². The Labute approximate surface area is 374 Å². The van der Waals surface area contributed by atoms with E-state index in [1.54, 1.807) is 0 Å². The Balaban J connectivity index is 1.22. The topological polar surface area (TPSA) is 43.6 Å². The third-order valence-electron chi connectivity index (χ3n) is 12.9. The highest BCUT2D eigenvalue weighted by Crippen LogP contribution is 2.51. The Morgan fingerprint density at radius 3 is 1.56 bits per heavy atom. The van der Waals surface area contributed by atoms with Crippen molar-refractivity contribution in [2.24, 2.45) is 0 Å². The molecule has 0 amide bonds. The van der Waals surface area contributed by atoms with Gasteiger partial charge in [0.05, 0.1) is 11.0 Å². The first-order valence-corrected chi connectivity index (χ1v) is 22.1. The summed E-state index contributed by atoms with van der Waals surface area (Å²) >= 11 is 0. The van der Waals surface area contributed by atoms with E-state index in [0.717, 1.165) is 72.1 Å². The van der Waals surface area contributed by atoms with Crippen LogP contribution in [0.3, 0.4) is 0 Å². The first-order chi connectivity index (χ1) is 31.4. The molecule has 0 atom stereocenters. The highest BCUT2D eigenvalue weighted by Gasteiger charge is 2.36. The van der Waals surface area contributed by atoms with Crippen LogP contribution >= 0.6 is 0 Å². The minimum Gasteiger partial charge on any atom is -0.278 e. The summed E-state index contributed by atoms with van der Waals surface area (Å²) in [5, 5.41) is 2.32. The molecule has 10 aromatic rings. The zero-order valence-electron chi connectivity index (χ0n) is 36.4. The molecule has 0 bridgehead atoms. The molecular weight excluding hydrogens is 777 g/mol. The second-order valence-electron chi connectivity index (χ2n) is 17.2. The summed E-state index contributed by atoms with van der Waals surface area (Å²) in [6.45, 7) is 8.82. The van der Waals surface area contributed by atoms with Gasteiger partial charge in [-0.25, -0.2) is 4.98 Å². The minimum atomic E-state index is -0.186. The monoisotopic (exact) mass is 822 g/mol. The number of fused-ring (bicyclic) bond motifs is 6. The average Bonchev–Trinajstić information content (AvgIpc) is 3.80. The maximum atomic E-state index is 5.51. The normalized spacial score (nSPS) is 13.2. The van der Waals surface area contributed by atoms with Crippen molar-refractivity contribution in [3.63, 3.8) is 0 Å². The van der Waals surface area contributed by atoms with Crippen LogP contribution in [0.15, 0.2) is 206 Å². The van der Waals surface area contributed by atoms with Crippen molar-refractivity contribution in [3.8, 4) is 73.2 Å². The van der Waals surface area contributed by atoms with Gasteiger partial charge in [0.15, 0.2) is 11.6 Å². The molecule has 11 rings (SSSR count). The van der Waals surface area contributed by atoms with Crippen molar-refractivity contribution in [1.82, 2.24) is 19.5 Å². The van der Waals surface area contributed by atoms with Crippen LogP contribution in [0.4, 0.5) is 0 Å². The quantitative estimate of drug-likeness (QED) is 0.143. The molecule has 2 aromatic heterocycles. The number of aromatic nitrogens is 4. The summed E-state index contributed by atoms with van der Waals surface area (Å²) in [6, 6.07) is 67.4. The minimum absolute atomic E-state index is 0.186. The molecule has 64 heavy (non-hydrogen) atoms. The molecule has 0 saturated carbocycles. The van der Waals surface area contributed by atoms with Crippen molar-refractivity contribution in [2.45, 2.75) is 33.1 Å². The lowest BCUT2D eigenvalue weighted by molar-refractivity contribution is 0.661. The lowest BCUT2D eigenvalue weighted by Crippen LogP contribution is -2.15. The van der Waals surface area contributed by atoms with Gasteiger partial charge in [-0.15, -0.1) is 0 Å². The summed E-state index contributed by atoms with van der Waals surface area (Å²) in [6.07, 6.45) is 6.41. The van der Waals surface area contributed by atoms with Gasteiger partial charge in [0.1, 0.15) is 0 Å². The molecule has 8 aromatic carbocycles. The number of hydrogen-bond donors (Lipinski definition) is 0. The third kappa shape index (κ3) is 6.67. The maximum Gasteiger partial charge on any atom is 0.238 e. The van der Waals surface area contributed by atoms with Crippen molar-refractivity contribution in [2.75, 3.05) is 0 Å². The smallest absolute Gasteiger partial charge is 0.238 e. The van der Waals surface area contributed by atoms with Crippen molar-refractivity contribution in [1.29, 1.82) is 0 Å². The average molecular weight is 823 g/mol. The van der Waals surface area contributed by atoms with Crippen LogP contribution in [0.5, 0.6) is 0 Å². The van der Waals surface area contributed by atoms with E-state index < -0.39 is 0 Å². The van der Waals surface area contributed by atoms with E-state index in [-0.39, 0.29) is 5.41 Å². The number of para-hydroxylation sites is 1. The molecule has 0 spiro atoms. The lowest BCUT2D eigenvalue weighted by atomic mass is 9.82. The molecule has 0 N–H and O–H groups in total. The predicted octanol–water partition coefficient (Wildman–Crippen LogP) is 15.6. The van der Waals surface area contributed by atoms with E-state index in [4.69, 9.17) is 15.0 Å². The molecule has 2 heterocycles. The highest BCUT2D eigenvalue weighted by atomic mass is 15.2. The predicted molar refractivity (Wildman–Crippen MR) is 267 cm³/mol. The number of hydrogen-bond acceptors (Lipinski definition) is 3. The summed E-state index contributed by atoms with van der Waals surface area (Å²) in [5.41, 5.74) is 17.8. The van der Waals surface area contributed by atoms with Crippen LogP contribution in [0, 0.1) is 0 Å².